The number of benzene rings is 2. The number of aryl methyl sites for hydroxylation is 1. The second-order valence-corrected chi connectivity index (χ2v) is 9.47. The summed E-state index contributed by atoms with van der Waals surface area (Å²) in [7, 11) is 2.10. The Labute approximate surface area is 213 Å². The van der Waals surface area contributed by atoms with Crippen LogP contribution >= 0.6 is 0 Å². The molecule has 2 aliphatic carbocycles. The molecule has 0 atom stereocenters. The molecule has 0 aliphatic heterocycles. The normalized spacial score (nSPS) is 13.5. The number of aromatic nitrogens is 3. The average molecular weight is 476 g/mol. The van der Waals surface area contributed by atoms with Crippen molar-refractivity contribution in [2.45, 2.75) is 6.42 Å². The van der Waals surface area contributed by atoms with Gasteiger partial charge >= 0.3 is 0 Å². The van der Waals surface area contributed by atoms with Crippen molar-refractivity contribution < 1.29 is 0 Å². The van der Waals surface area contributed by atoms with Crippen molar-refractivity contribution >= 4 is 56.5 Å². The van der Waals surface area contributed by atoms with Gasteiger partial charge in [-0.15, -0.1) is 5.73 Å². The first-order valence-electron chi connectivity index (χ1n) is 12.5. The summed E-state index contributed by atoms with van der Waals surface area (Å²) in [5.41, 5.74) is 14.0. The van der Waals surface area contributed by atoms with Gasteiger partial charge in [-0.3, -0.25) is 0 Å². The van der Waals surface area contributed by atoms with Gasteiger partial charge in [-0.05, 0) is 60.2 Å². The van der Waals surface area contributed by atoms with Gasteiger partial charge in [0.05, 0.1) is 27.2 Å². The highest BCUT2D eigenvalue weighted by Crippen LogP contribution is 2.31. The first-order chi connectivity index (χ1) is 18.2. The second-order valence-electron chi connectivity index (χ2n) is 9.47. The lowest BCUT2D eigenvalue weighted by molar-refractivity contribution is 0.913. The summed E-state index contributed by atoms with van der Waals surface area (Å²) in [5.74, 6) is 0. The maximum Gasteiger partial charge on any atom is 0.0968 e. The summed E-state index contributed by atoms with van der Waals surface area (Å²) in [5, 5.41) is 6.82. The van der Waals surface area contributed by atoms with Crippen LogP contribution < -0.4 is 21.3 Å². The number of hydrogen-bond acceptors (Lipinski definition) is 0. The van der Waals surface area contributed by atoms with Crippen LogP contribution in [0.15, 0.2) is 98.1 Å². The van der Waals surface area contributed by atoms with Gasteiger partial charge in [-0.25, -0.2) is 0 Å². The fourth-order valence-corrected chi connectivity index (χ4v) is 5.82. The van der Waals surface area contributed by atoms with Gasteiger partial charge in [0.1, 0.15) is 0 Å². The molecule has 2 aliphatic rings. The topological polar surface area (TPSA) is 13.8 Å². The zero-order chi connectivity index (χ0) is 25.1. The molecule has 0 fully saturated rings. The zero-order valence-corrected chi connectivity index (χ0v) is 20.7. The van der Waals surface area contributed by atoms with Crippen molar-refractivity contribution in [1.82, 2.24) is 13.4 Å². The van der Waals surface area contributed by atoms with E-state index in [4.69, 9.17) is 0 Å². The quantitative estimate of drug-likeness (QED) is 0.333. The largest absolute Gasteiger partial charge is 0.345 e. The number of para-hydroxylation sites is 1. The average Bonchev–Trinajstić information content (AvgIpc) is 3.67. The van der Waals surface area contributed by atoms with Gasteiger partial charge in [-0.2, -0.15) is 0 Å². The van der Waals surface area contributed by atoms with Crippen molar-refractivity contribution in [3.63, 3.8) is 0 Å². The van der Waals surface area contributed by atoms with Crippen molar-refractivity contribution in [3.8, 4) is 0 Å². The predicted molar refractivity (Wildman–Crippen MR) is 155 cm³/mol. The van der Waals surface area contributed by atoms with Crippen LogP contribution in [0.1, 0.15) is 11.3 Å². The van der Waals surface area contributed by atoms with Crippen LogP contribution in [0.5, 0.6) is 0 Å². The highest BCUT2D eigenvalue weighted by atomic mass is 14.9. The third-order valence-corrected chi connectivity index (χ3v) is 7.55. The second kappa shape index (κ2) is 8.05. The lowest BCUT2D eigenvalue weighted by atomic mass is 10.1. The third kappa shape index (κ3) is 3.03. The molecule has 0 N–H and O–H groups in total. The smallest absolute Gasteiger partial charge is 0.0968 e. The van der Waals surface area contributed by atoms with E-state index >= 15 is 0 Å². The summed E-state index contributed by atoms with van der Waals surface area (Å²) in [6.07, 6.45) is 12.9. The first-order valence-corrected chi connectivity index (χ1v) is 12.5. The molecule has 0 amide bonds. The first kappa shape index (κ1) is 21.4. The van der Waals surface area contributed by atoms with Crippen molar-refractivity contribution in [1.29, 1.82) is 0 Å². The SMILES string of the molecule is C=C=c1cc/c(=C/C=C\C=C)n(C)c2ccc3c4c(n(c5cc6c(c7ccccc7n16)C5)c3c2)=C=CC=4. The van der Waals surface area contributed by atoms with Crippen molar-refractivity contribution in [2.24, 2.45) is 7.05 Å². The highest BCUT2D eigenvalue weighted by Gasteiger charge is 2.19. The van der Waals surface area contributed by atoms with Gasteiger partial charge in [0, 0.05) is 46.0 Å². The Bertz CT molecular complexity index is 2280. The van der Waals surface area contributed by atoms with E-state index in [2.05, 4.69) is 118 Å². The Morgan fingerprint density at radius 2 is 1.81 bits per heavy atom. The summed E-state index contributed by atoms with van der Waals surface area (Å²) in [6.45, 7) is 7.89. The van der Waals surface area contributed by atoms with E-state index in [1.165, 1.54) is 43.8 Å². The summed E-state index contributed by atoms with van der Waals surface area (Å²) in [4.78, 5) is 0. The molecule has 3 aromatic heterocycles. The van der Waals surface area contributed by atoms with Crippen LogP contribution in [0, 0.1) is 0 Å². The molecule has 0 saturated heterocycles. The van der Waals surface area contributed by atoms with Gasteiger partial charge in [0.25, 0.3) is 0 Å². The molecule has 0 unspecified atom stereocenters. The molecule has 7 rings (SSSR count). The Balaban J connectivity index is 1.83. The summed E-state index contributed by atoms with van der Waals surface area (Å²) in [6, 6.07) is 21.9. The molecule has 37 heavy (non-hydrogen) atoms. The van der Waals surface area contributed by atoms with E-state index in [9.17, 15) is 0 Å². The number of rotatable bonds is 2. The molecule has 2 aromatic carbocycles. The molecular formula is C34H25N3. The van der Waals surface area contributed by atoms with Gasteiger partial charge in [-0.1, -0.05) is 61.4 Å². The highest BCUT2D eigenvalue weighted by molar-refractivity contribution is 5.94. The lowest BCUT2D eigenvalue weighted by Crippen LogP contribution is -2.23. The van der Waals surface area contributed by atoms with Crippen LogP contribution in [0.2, 0.25) is 0 Å². The molecule has 0 saturated carbocycles. The van der Waals surface area contributed by atoms with E-state index in [0.29, 0.717) is 0 Å². The molecule has 4 bridgehead atoms. The molecular weight excluding hydrogens is 450 g/mol. The Morgan fingerprint density at radius 3 is 2.68 bits per heavy atom. The lowest BCUT2D eigenvalue weighted by Gasteiger charge is -2.04. The number of nitrogens with zero attached hydrogens (tertiary/aromatic N) is 3. The minimum absolute atomic E-state index is 0.854. The molecule has 3 heteroatoms. The fraction of sp³-hybridized carbons (Fsp3) is 0.0588. The van der Waals surface area contributed by atoms with Crippen LogP contribution in [0.25, 0.3) is 56.5 Å². The Hall–Kier alpha value is -4.94. The van der Waals surface area contributed by atoms with E-state index in [1.807, 2.05) is 18.2 Å². The fourth-order valence-electron chi connectivity index (χ4n) is 5.82. The molecule has 5 aromatic rings. The monoisotopic (exact) mass is 475 g/mol. The van der Waals surface area contributed by atoms with Gasteiger partial charge in [0.15, 0.2) is 0 Å². The van der Waals surface area contributed by atoms with Gasteiger partial charge < -0.3 is 13.4 Å². The molecule has 176 valence electrons. The number of allylic oxidation sites excluding steroid dienone is 4. The minimum atomic E-state index is 0.854. The van der Waals surface area contributed by atoms with E-state index in [0.717, 1.165) is 28.0 Å². The maximum atomic E-state index is 4.07. The summed E-state index contributed by atoms with van der Waals surface area (Å²) >= 11 is 0. The van der Waals surface area contributed by atoms with Crippen molar-refractivity contribution in [3.05, 3.63) is 131 Å². The summed E-state index contributed by atoms with van der Waals surface area (Å²) < 4.78 is 6.90. The van der Waals surface area contributed by atoms with Crippen LogP contribution in [0.3, 0.4) is 0 Å². The van der Waals surface area contributed by atoms with Crippen molar-refractivity contribution in [2.75, 3.05) is 0 Å². The van der Waals surface area contributed by atoms with Crippen LogP contribution in [0.4, 0.5) is 0 Å². The number of fused-ring (bicyclic) bond motifs is 9. The van der Waals surface area contributed by atoms with Gasteiger partial charge in [0.2, 0.25) is 0 Å². The predicted octanol–water partition coefficient (Wildman–Crippen LogP) is 4.25. The molecule has 3 nitrogen and oxygen atoms in total. The number of hydrogen-bond donors (Lipinski definition) is 0. The zero-order valence-electron chi connectivity index (χ0n) is 20.7. The Morgan fingerprint density at radius 1 is 0.919 bits per heavy atom. The van der Waals surface area contributed by atoms with E-state index in [1.54, 1.807) is 6.08 Å². The molecule has 0 spiro atoms. The standard InChI is InChI=1S/C34H25N3/c1-4-6-7-11-24-17-16-23(5-2)36-31-14-9-8-12-28(31)30-20-26(22-34(30)36)37-32-15-10-13-27(32)29-19-18-25(35(24)3)21-33(29)37/h4,6-14,16-19,21-22H,1-2,20H2,3H3/b7-6-,17-16?,24-11-. The maximum absolute atomic E-state index is 4.07. The third-order valence-electron chi connectivity index (χ3n) is 7.55. The minimum Gasteiger partial charge on any atom is -0.345 e. The van der Waals surface area contributed by atoms with E-state index < -0.39 is 0 Å². The molecule has 3 heterocycles. The Kier molecular flexibility index (Phi) is 4.64. The van der Waals surface area contributed by atoms with Crippen LogP contribution in [-0.2, 0) is 13.5 Å². The van der Waals surface area contributed by atoms with E-state index in [-0.39, 0.29) is 0 Å². The molecule has 0 radical (unpaired) electrons. The van der Waals surface area contributed by atoms with Crippen LogP contribution in [-0.4, -0.2) is 13.4 Å².